The summed E-state index contributed by atoms with van der Waals surface area (Å²) in [6.07, 6.45) is 1.15. The van der Waals surface area contributed by atoms with Gasteiger partial charge in [0.1, 0.15) is 0 Å². The first-order valence-electron chi connectivity index (χ1n) is 10.2. The van der Waals surface area contributed by atoms with Crippen molar-refractivity contribution in [2.24, 2.45) is 0 Å². The first-order valence-corrected chi connectivity index (χ1v) is 13.1. The molecule has 150 valence electrons. The van der Waals surface area contributed by atoms with Crippen molar-refractivity contribution in [3.8, 4) is 0 Å². The minimum absolute atomic E-state index is 0.0443. The quantitative estimate of drug-likeness (QED) is 0.758. The van der Waals surface area contributed by atoms with Gasteiger partial charge in [-0.3, -0.25) is 4.90 Å². The fourth-order valence-corrected chi connectivity index (χ4v) is 4.99. The molecule has 2 aliphatic heterocycles. The van der Waals surface area contributed by atoms with Gasteiger partial charge in [-0.25, -0.2) is 4.79 Å². The summed E-state index contributed by atoms with van der Waals surface area (Å²) < 4.78 is 6.78. The zero-order chi connectivity index (χ0) is 19.7. The minimum Gasteiger partial charge on any atom is -0.411 e. The molecule has 6 heteroatoms. The second kappa shape index (κ2) is 7.93. The SMILES string of the molecule is CC(C)(C)[Si](C)(C)OC(CN1CCc2ccccc2C1)CN1CCNC1=O. The van der Waals surface area contributed by atoms with Crippen LogP contribution in [0.2, 0.25) is 18.1 Å². The van der Waals surface area contributed by atoms with Crippen LogP contribution in [0, 0.1) is 0 Å². The van der Waals surface area contributed by atoms with Crippen molar-refractivity contribution in [2.45, 2.75) is 58.0 Å². The summed E-state index contributed by atoms with van der Waals surface area (Å²) in [5.41, 5.74) is 2.89. The van der Waals surface area contributed by atoms with Crippen molar-refractivity contribution < 1.29 is 9.22 Å². The van der Waals surface area contributed by atoms with Gasteiger partial charge in [-0.1, -0.05) is 45.0 Å². The van der Waals surface area contributed by atoms with E-state index < -0.39 is 8.32 Å². The van der Waals surface area contributed by atoms with E-state index in [1.165, 1.54) is 11.1 Å². The molecule has 2 aliphatic rings. The number of nitrogens with zero attached hydrogens (tertiary/aromatic N) is 2. The monoisotopic (exact) mass is 389 g/mol. The number of amides is 2. The molecule has 1 atom stereocenters. The van der Waals surface area contributed by atoms with Crippen LogP contribution in [0.4, 0.5) is 4.79 Å². The lowest BCUT2D eigenvalue weighted by atomic mass is 10.00. The average molecular weight is 390 g/mol. The molecular weight excluding hydrogens is 354 g/mol. The Hall–Kier alpha value is -1.37. The van der Waals surface area contributed by atoms with Gasteiger partial charge >= 0.3 is 6.03 Å². The number of urea groups is 1. The Kier molecular flexibility index (Phi) is 5.98. The van der Waals surface area contributed by atoms with Crippen LogP contribution < -0.4 is 5.32 Å². The van der Waals surface area contributed by atoms with Crippen molar-refractivity contribution in [3.05, 3.63) is 35.4 Å². The number of carbonyl (C=O) groups excluding carboxylic acids is 1. The lowest BCUT2D eigenvalue weighted by Crippen LogP contribution is -2.51. The first kappa shape index (κ1) is 20.4. The van der Waals surface area contributed by atoms with Gasteiger partial charge in [-0.15, -0.1) is 0 Å². The highest BCUT2D eigenvalue weighted by Gasteiger charge is 2.40. The normalized spacial score (nSPS) is 19.7. The first-order chi connectivity index (χ1) is 12.7. The second-order valence-electron chi connectivity index (χ2n) is 9.43. The number of carbonyl (C=O) groups is 1. The van der Waals surface area contributed by atoms with Crippen LogP contribution in [0.1, 0.15) is 31.9 Å². The Labute approximate surface area is 165 Å². The molecule has 0 aliphatic carbocycles. The van der Waals surface area contributed by atoms with Crippen LogP contribution in [0.5, 0.6) is 0 Å². The van der Waals surface area contributed by atoms with Gasteiger partial charge in [-0.2, -0.15) is 0 Å². The van der Waals surface area contributed by atoms with Crippen LogP contribution in [-0.2, 0) is 17.4 Å². The third kappa shape index (κ3) is 4.92. The summed E-state index contributed by atoms with van der Waals surface area (Å²) in [7, 11) is -1.90. The van der Waals surface area contributed by atoms with Gasteiger partial charge < -0.3 is 14.6 Å². The fourth-order valence-electron chi connectivity index (χ4n) is 3.65. The number of benzene rings is 1. The molecule has 1 aromatic carbocycles. The molecule has 0 aromatic heterocycles. The molecule has 3 rings (SSSR count). The average Bonchev–Trinajstić information content (AvgIpc) is 2.98. The highest BCUT2D eigenvalue weighted by Crippen LogP contribution is 2.37. The summed E-state index contributed by atoms with van der Waals surface area (Å²) in [6, 6.07) is 8.77. The Bertz CT molecular complexity index is 672. The topological polar surface area (TPSA) is 44.8 Å². The second-order valence-corrected chi connectivity index (χ2v) is 14.2. The van der Waals surface area contributed by atoms with E-state index in [1.54, 1.807) is 0 Å². The Balaban J connectivity index is 1.70. The summed E-state index contributed by atoms with van der Waals surface area (Å²) in [6.45, 7) is 16.5. The molecule has 1 unspecified atom stereocenters. The van der Waals surface area contributed by atoms with Gasteiger partial charge in [0, 0.05) is 39.3 Å². The van der Waals surface area contributed by atoms with E-state index in [9.17, 15) is 4.79 Å². The van der Waals surface area contributed by atoms with Crippen molar-refractivity contribution >= 4 is 14.3 Å². The number of rotatable bonds is 6. The molecule has 1 fully saturated rings. The largest absolute Gasteiger partial charge is 0.411 e. The van der Waals surface area contributed by atoms with E-state index >= 15 is 0 Å². The lowest BCUT2D eigenvalue weighted by Gasteiger charge is -2.42. The number of hydrogen-bond donors (Lipinski definition) is 1. The van der Waals surface area contributed by atoms with Crippen LogP contribution in [0.3, 0.4) is 0 Å². The molecule has 0 bridgehead atoms. The predicted molar refractivity (Wildman–Crippen MR) is 112 cm³/mol. The van der Waals surface area contributed by atoms with Crippen LogP contribution in [0.15, 0.2) is 24.3 Å². The maximum absolute atomic E-state index is 12.1. The smallest absolute Gasteiger partial charge is 0.317 e. The van der Waals surface area contributed by atoms with E-state index in [4.69, 9.17) is 4.43 Å². The highest BCUT2D eigenvalue weighted by atomic mass is 28.4. The van der Waals surface area contributed by atoms with Gasteiger partial charge in [-0.05, 0) is 35.7 Å². The van der Waals surface area contributed by atoms with Crippen molar-refractivity contribution in [1.82, 2.24) is 15.1 Å². The maximum atomic E-state index is 12.1. The number of nitrogens with one attached hydrogen (secondary N) is 1. The molecule has 0 saturated carbocycles. The molecule has 2 heterocycles. The van der Waals surface area contributed by atoms with Crippen molar-refractivity contribution in [2.75, 3.05) is 32.7 Å². The molecule has 0 radical (unpaired) electrons. The highest BCUT2D eigenvalue weighted by molar-refractivity contribution is 6.74. The molecule has 0 spiro atoms. The third-order valence-electron chi connectivity index (χ3n) is 6.31. The standard InChI is InChI=1S/C21H35N3O2Si/c1-21(2,3)27(4,5)26-19(16-24-13-11-22-20(24)25)15-23-12-10-17-8-6-7-9-18(17)14-23/h6-9,19H,10-16H2,1-5H3,(H,22,25). The van der Waals surface area contributed by atoms with Gasteiger partial charge in [0.05, 0.1) is 6.10 Å². The predicted octanol–water partition coefficient (Wildman–Crippen LogP) is 3.46. The van der Waals surface area contributed by atoms with E-state index in [0.717, 1.165) is 39.1 Å². The lowest BCUT2D eigenvalue weighted by molar-refractivity contribution is 0.0894. The summed E-state index contributed by atoms with van der Waals surface area (Å²) in [5, 5.41) is 3.07. The molecular formula is C21H35N3O2Si. The Morgan fingerprint density at radius 2 is 1.85 bits per heavy atom. The Morgan fingerprint density at radius 3 is 2.48 bits per heavy atom. The summed E-state index contributed by atoms with van der Waals surface area (Å²) >= 11 is 0. The molecule has 1 aromatic rings. The van der Waals surface area contributed by atoms with Crippen LogP contribution in [-0.4, -0.2) is 63.0 Å². The summed E-state index contributed by atoms with van der Waals surface area (Å²) in [4.78, 5) is 16.5. The molecule has 1 N–H and O–H groups in total. The molecule has 5 nitrogen and oxygen atoms in total. The zero-order valence-electron chi connectivity index (χ0n) is 17.5. The molecule has 2 amide bonds. The minimum atomic E-state index is -1.90. The number of fused-ring (bicyclic) bond motifs is 1. The van der Waals surface area contributed by atoms with E-state index in [1.807, 2.05) is 4.90 Å². The Morgan fingerprint density at radius 1 is 1.15 bits per heavy atom. The fraction of sp³-hybridized carbons (Fsp3) is 0.667. The number of hydrogen-bond acceptors (Lipinski definition) is 3. The van der Waals surface area contributed by atoms with Gasteiger partial charge in [0.2, 0.25) is 0 Å². The molecule has 1 saturated heterocycles. The van der Waals surface area contributed by atoms with Crippen molar-refractivity contribution in [3.63, 3.8) is 0 Å². The van der Waals surface area contributed by atoms with E-state index in [-0.39, 0.29) is 17.2 Å². The third-order valence-corrected chi connectivity index (χ3v) is 10.8. The van der Waals surface area contributed by atoms with Gasteiger partial charge in [0.15, 0.2) is 8.32 Å². The van der Waals surface area contributed by atoms with E-state index in [2.05, 4.69) is 68.3 Å². The zero-order valence-corrected chi connectivity index (χ0v) is 18.5. The van der Waals surface area contributed by atoms with Gasteiger partial charge in [0.25, 0.3) is 0 Å². The van der Waals surface area contributed by atoms with Crippen LogP contribution >= 0.6 is 0 Å². The van der Waals surface area contributed by atoms with Crippen LogP contribution in [0.25, 0.3) is 0 Å². The van der Waals surface area contributed by atoms with Crippen molar-refractivity contribution in [1.29, 1.82) is 0 Å². The molecule has 27 heavy (non-hydrogen) atoms. The summed E-state index contributed by atoms with van der Waals surface area (Å²) in [5.74, 6) is 0. The maximum Gasteiger partial charge on any atom is 0.317 e. The van der Waals surface area contributed by atoms with E-state index in [0.29, 0.717) is 6.54 Å².